The summed E-state index contributed by atoms with van der Waals surface area (Å²) in [5.74, 6) is 0.698. The van der Waals surface area contributed by atoms with Crippen LogP contribution in [0.2, 0.25) is 0 Å². The molecule has 0 bridgehead atoms. The minimum absolute atomic E-state index is 0.00736. The minimum Gasteiger partial charge on any atom is -0.488 e. The third-order valence-corrected chi connectivity index (χ3v) is 3.34. The van der Waals surface area contributed by atoms with Crippen LogP contribution in [0.15, 0.2) is 29.2 Å². The van der Waals surface area contributed by atoms with Gasteiger partial charge in [0.15, 0.2) is 5.78 Å². The number of para-hydroxylation sites is 1. The Morgan fingerprint density at radius 3 is 3.11 bits per heavy atom. The largest absolute Gasteiger partial charge is 0.488 e. The Hall–Kier alpha value is -2.01. The van der Waals surface area contributed by atoms with E-state index in [1.165, 1.54) is 11.5 Å². The predicted octanol–water partition coefficient (Wildman–Crippen LogP) is 2.51. The van der Waals surface area contributed by atoms with Crippen LogP contribution >= 0.6 is 11.5 Å². The smallest absolute Gasteiger partial charge is 0.196 e. The van der Waals surface area contributed by atoms with Gasteiger partial charge in [0.05, 0.1) is 11.3 Å². The van der Waals surface area contributed by atoms with Crippen molar-refractivity contribution >= 4 is 23.4 Å². The van der Waals surface area contributed by atoms with Crippen molar-refractivity contribution in [1.29, 1.82) is 0 Å². The van der Waals surface area contributed by atoms with Crippen molar-refractivity contribution in [2.45, 2.75) is 6.92 Å². The highest BCUT2D eigenvalue weighted by Gasteiger charge is 2.24. The fourth-order valence-electron chi connectivity index (χ4n) is 1.93. The van der Waals surface area contributed by atoms with Gasteiger partial charge in [0.2, 0.25) is 0 Å². The molecule has 0 N–H and O–H groups in total. The highest BCUT2D eigenvalue weighted by Crippen LogP contribution is 2.30. The third-order valence-electron chi connectivity index (χ3n) is 2.82. The SMILES string of the molecule is Cc1cccc2c1OC/C(=C/c1csnn1)C2=O. The second kappa shape index (κ2) is 4.34. The van der Waals surface area contributed by atoms with Crippen LogP contribution in [-0.2, 0) is 0 Å². The summed E-state index contributed by atoms with van der Waals surface area (Å²) in [4.78, 5) is 12.3. The van der Waals surface area contributed by atoms with Gasteiger partial charge in [-0.2, -0.15) is 0 Å². The van der Waals surface area contributed by atoms with E-state index < -0.39 is 0 Å². The number of Topliss-reactive ketones (excluding diaryl/α,β-unsaturated/α-hetero) is 1. The van der Waals surface area contributed by atoms with Gasteiger partial charge in [-0.1, -0.05) is 16.6 Å². The number of aryl methyl sites for hydroxylation is 1. The first kappa shape index (κ1) is 11.1. The van der Waals surface area contributed by atoms with Gasteiger partial charge in [0.25, 0.3) is 0 Å². The second-order valence-corrected chi connectivity index (χ2v) is 4.68. The molecule has 1 aromatic heterocycles. The molecule has 0 saturated heterocycles. The standard InChI is InChI=1S/C13H10N2O2S/c1-8-3-2-4-11-12(16)9(6-17-13(8)11)5-10-7-18-15-14-10/h2-5,7H,6H2,1H3/b9-5-. The fourth-order valence-corrected chi connectivity index (χ4v) is 2.34. The number of carbonyl (C=O) groups is 1. The van der Waals surface area contributed by atoms with E-state index in [1.807, 2.05) is 19.1 Å². The maximum atomic E-state index is 12.3. The molecule has 0 spiro atoms. The molecule has 90 valence electrons. The lowest BCUT2D eigenvalue weighted by Crippen LogP contribution is -2.19. The van der Waals surface area contributed by atoms with Crippen LogP contribution in [0.5, 0.6) is 5.75 Å². The Balaban J connectivity index is 2.02. The van der Waals surface area contributed by atoms with E-state index in [4.69, 9.17) is 4.74 Å². The number of benzene rings is 1. The third kappa shape index (κ3) is 1.82. The zero-order valence-corrected chi connectivity index (χ0v) is 10.5. The number of carbonyl (C=O) groups excluding carboxylic acids is 1. The van der Waals surface area contributed by atoms with Crippen molar-refractivity contribution in [2.75, 3.05) is 6.61 Å². The van der Waals surface area contributed by atoms with Gasteiger partial charge in [0, 0.05) is 11.0 Å². The van der Waals surface area contributed by atoms with Crippen molar-refractivity contribution in [3.05, 3.63) is 46.0 Å². The van der Waals surface area contributed by atoms with Crippen LogP contribution in [0, 0.1) is 6.92 Å². The zero-order chi connectivity index (χ0) is 12.5. The molecular formula is C13H10N2O2S. The molecule has 0 radical (unpaired) electrons. The molecule has 18 heavy (non-hydrogen) atoms. The summed E-state index contributed by atoms with van der Waals surface area (Å²) in [5, 5.41) is 5.70. The normalized spacial score (nSPS) is 16.5. The highest BCUT2D eigenvalue weighted by molar-refractivity contribution is 7.03. The molecule has 0 saturated carbocycles. The molecule has 1 aliphatic heterocycles. The van der Waals surface area contributed by atoms with E-state index in [-0.39, 0.29) is 12.4 Å². The van der Waals surface area contributed by atoms with Crippen molar-refractivity contribution in [2.24, 2.45) is 0 Å². The summed E-state index contributed by atoms with van der Waals surface area (Å²) < 4.78 is 9.42. The van der Waals surface area contributed by atoms with E-state index in [9.17, 15) is 4.79 Å². The molecule has 1 aliphatic rings. The van der Waals surface area contributed by atoms with E-state index in [0.29, 0.717) is 22.6 Å². The van der Waals surface area contributed by atoms with E-state index >= 15 is 0 Å². The molecule has 0 unspecified atom stereocenters. The molecule has 0 aliphatic carbocycles. The average Bonchev–Trinajstić information content (AvgIpc) is 2.86. The molecule has 2 heterocycles. The van der Waals surface area contributed by atoms with Crippen LogP contribution in [0.1, 0.15) is 21.6 Å². The first-order valence-corrected chi connectivity index (χ1v) is 6.34. The van der Waals surface area contributed by atoms with Crippen molar-refractivity contribution in [1.82, 2.24) is 9.59 Å². The minimum atomic E-state index is 0.00736. The lowest BCUT2D eigenvalue weighted by Gasteiger charge is -2.20. The summed E-state index contributed by atoms with van der Waals surface area (Å²) >= 11 is 1.26. The average molecular weight is 258 g/mol. The van der Waals surface area contributed by atoms with Gasteiger partial charge >= 0.3 is 0 Å². The number of rotatable bonds is 1. The number of nitrogens with zero attached hydrogens (tertiary/aromatic N) is 2. The lowest BCUT2D eigenvalue weighted by atomic mass is 9.97. The summed E-state index contributed by atoms with van der Waals surface area (Å²) in [7, 11) is 0. The highest BCUT2D eigenvalue weighted by atomic mass is 32.1. The maximum Gasteiger partial charge on any atom is 0.196 e. The number of hydrogen-bond donors (Lipinski definition) is 0. The summed E-state index contributed by atoms with van der Waals surface area (Å²) in [6.07, 6.45) is 1.73. The van der Waals surface area contributed by atoms with Gasteiger partial charge in [-0.15, -0.1) is 5.10 Å². The number of aromatic nitrogens is 2. The van der Waals surface area contributed by atoms with Gasteiger partial charge in [-0.05, 0) is 36.2 Å². The molecule has 4 nitrogen and oxygen atoms in total. The Bertz CT molecular complexity index is 632. The molecule has 3 rings (SSSR count). The van der Waals surface area contributed by atoms with Crippen LogP contribution in [0.4, 0.5) is 0 Å². The van der Waals surface area contributed by atoms with Crippen LogP contribution in [0.3, 0.4) is 0 Å². The quantitative estimate of drug-likeness (QED) is 0.737. The van der Waals surface area contributed by atoms with Gasteiger partial charge in [-0.25, -0.2) is 0 Å². The Labute approximate surface area is 108 Å². The fraction of sp³-hybridized carbons (Fsp3) is 0.154. The molecule has 1 aromatic carbocycles. The predicted molar refractivity (Wildman–Crippen MR) is 68.9 cm³/mol. The van der Waals surface area contributed by atoms with E-state index in [2.05, 4.69) is 9.59 Å². The van der Waals surface area contributed by atoms with E-state index in [0.717, 1.165) is 5.56 Å². The van der Waals surface area contributed by atoms with Crippen LogP contribution in [0.25, 0.3) is 6.08 Å². The number of ketones is 1. The monoisotopic (exact) mass is 258 g/mol. The molecule has 2 aromatic rings. The van der Waals surface area contributed by atoms with Gasteiger partial charge in [-0.3, -0.25) is 4.79 Å². The molecular weight excluding hydrogens is 248 g/mol. The molecule has 0 amide bonds. The first-order valence-electron chi connectivity index (χ1n) is 5.50. The molecule has 0 fully saturated rings. The first-order chi connectivity index (χ1) is 8.75. The summed E-state index contributed by atoms with van der Waals surface area (Å²) in [5.41, 5.74) is 2.91. The van der Waals surface area contributed by atoms with E-state index in [1.54, 1.807) is 17.5 Å². The zero-order valence-electron chi connectivity index (χ0n) is 9.71. The molecule has 0 atom stereocenters. The van der Waals surface area contributed by atoms with Crippen LogP contribution in [-0.4, -0.2) is 22.0 Å². The Morgan fingerprint density at radius 2 is 2.33 bits per heavy atom. The van der Waals surface area contributed by atoms with Crippen molar-refractivity contribution in [3.63, 3.8) is 0 Å². The topological polar surface area (TPSA) is 52.1 Å². The Morgan fingerprint density at radius 1 is 1.44 bits per heavy atom. The maximum absolute atomic E-state index is 12.3. The summed E-state index contributed by atoms with van der Waals surface area (Å²) in [6.45, 7) is 2.22. The molecule has 5 heteroatoms. The Kier molecular flexibility index (Phi) is 2.68. The van der Waals surface area contributed by atoms with Crippen molar-refractivity contribution < 1.29 is 9.53 Å². The number of fused-ring (bicyclic) bond motifs is 1. The number of ether oxygens (including phenoxy) is 1. The number of hydrogen-bond acceptors (Lipinski definition) is 5. The van der Waals surface area contributed by atoms with Gasteiger partial charge in [0.1, 0.15) is 12.4 Å². The lowest BCUT2D eigenvalue weighted by molar-refractivity contribution is 0.100. The second-order valence-electron chi connectivity index (χ2n) is 4.07. The van der Waals surface area contributed by atoms with Crippen molar-refractivity contribution in [3.8, 4) is 5.75 Å². The summed E-state index contributed by atoms with van der Waals surface area (Å²) in [6, 6.07) is 5.59. The van der Waals surface area contributed by atoms with Gasteiger partial charge < -0.3 is 4.74 Å². The van der Waals surface area contributed by atoms with Crippen LogP contribution < -0.4 is 4.74 Å².